The predicted molar refractivity (Wildman–Crippen MR) is 69.8 cm³/mol. The Bertz CT molecular complexity index is 578. The first-order chi connectivity index (χ1) is 8.88. The number of hydrogen-bond donors (Lipinski definition) is 2. The minimum Gasteiger partial charge on any atom is -0.379 e. The van der Waals surface area contributed by atoms with Gasteiger partial charge in [-0.25, -0.2) is 4.98 Å². The summed E-state index contributed by atoms with van der Waals surface area (Å²) in [6.07, 6.45) is -2.83. The first kappa shape index (κ1) is 13.9. The molecule has 102 valence electrons. The average molecular weight is 334 g/mol. The molecule has 0 saturated heterocycles. The minimum absolute atomic E-state index is 0.0292. The normalized spacial score (nSPS) is 11.6. The van der Waals surface area contributed by atoms with Gasteiger partial charge in [-0.15, -0.1) is 0 Å². The maximum Gasteiger partial charge on any atom is 0.417 e. The van der Waals surface area contributed by atoms with Gasteiger partial charge in [0.25, 0.3) is 0 Å². The topological polar surface area (TPSA) is 40.7 Å². The summed E-state index contributed by atoms with van der Waals surface area (Å²) in [6, 6.07) is 4.04. The lowest BCUT2D eigenvalue weighted by atomic mass is 10.2. The summed E-state index contributed by atoms with van der Waals surface area (Å²) >= 11 is 2.90. The quantitative estimate of drug-likeness (QED) is 0.887. The summed E-state index contributed by atoms with van der Waals surface area (Å²) in [5.74, 6) is 0. The zero-order chi connectivity index (χ0) is 14.0. The number of benzene rings is 1. The molecule has 2 N–H and O–H groups in total. The molecule has 19 heavy (non-hydrogen) atoms. The summed E-state index contributed by atoms with van der Waals surface area (Å²) in [5, 5.41) is 2.92. The molecule has 0 aliphatic rings. The molecule has 0 saturated carbocycles. The van der Waals surface area contributed by atoms with E-state index in [-0.39, 0.29) is 4.47 Å². The van der Waals surface area contributed by atoms with Crippen molar-refractivity contribution in [2.24, 2.45) is 0 Å². The van der Waals surface area contributed by atoms with Gasteiger partial charge >= 0.3 is 6.18 Å². The maximum absolute atomic E-state index is 12.7. The third-order valence-electron chi connectivity index (χ3n) is 2.67. The fraction of sp³-hybridized carbons (Fsp3) is 0.250. The molecule has 7 heteroatoms. The lowest BCUT2D eigenvalue weighted by molar-refractivity contribution is -0.138. The van der Waals surface area contributed by atoms with Crippen LogP contribution in [-0.2, 0) is 12.7 Å². The smallest absolute Gasteiger partial charge is 0.379 e. The highest BCUT2D eigenvalue weighted by atomic mass is 79.9. The number of nitrogens with one attached hydrogen (secondary N) is 2. The van der Waals surface area contributed by atoms with Gasteiger partial charge in [-0.3, -0.25) is 0 Å². The first-order valence-electron chi connectivity index (χ1n) is 5.47. The Labute approximate surface area is 116 Å². The Balaban J connectivity index is 2.16. The molecule has 0 radical (unpaired) electrons. The van der Waals surface area contributed by atoms with Crippen LogP contribution in [0.2, 0.25) is 0 Å². The van der Waals surface area contributed by atoms with Crippen molar-refractivity contribution in [2.45, 2.75) is 19.6 Å². The largest absolute Gasteiger partial charge is 0.417 e. The maximum atomic E-state index is 12.7. The van der Waals surface area contributed by atoms with Gasteiger partial charge in [-0.05, 0) is 25.1 Å². The number of aryl methyl sites for hydroxylation is 1. The minimum atomic E-state index is -4.38. The number of aromatic amines is 1. The van der Waals surface area contributed by atoms with E-state index in [2.05, 4.69) is 31.2 Å². The molecule has 0 unspecified atom stereocenters. The van der Waals surface area contributed by atoms with E-state index < -0.39 is 11.7 Å². The number of imidazole rings is 1. The van der Waals surface area contributed by atoms with Crippen LogP contribution in [-0.4, -0.2) is 9.97 Å². The van der Waals surface area contributed by atoms with Crippen molar-refractivity contribution >= 4 is 21.6 Å². The number of rotatable bonds is 3. The number of halogens is 4. The first-order valence-corrected chi connectivity index (χ1v) is 6.26. The van der Waals surface area contributed by atoms with E-state index in [4.69, 9.17) is 0 Å². The molecule has 0 atom stereocenters. The van der Waals surface area contributed by atoms with Crippen LogP contribution in [0.4, 0.5) is 18.9 Å². The fourth-order valence-corrected chi connectivity index (χ4v) is 2.08. The molecule has 1 heterocycles. The van der Waals surface area contributed by atoms with Crippen molar-refractivity contribution in [2.75, 3.05) is 5.32 Å². The standard InChI is InChI=1S/C12H11BrF3N3/c1-7-11(19-6-18-7)5-17-8-2-3-10(13)9(4-8)12(14,15)16/h2-4,6,17H,5H2,1H3,(H,18,19). The molecular formula is C12H11BrF3N3. The number of anilines is 1. The lowest BCUT2D eigenvalue weighted by Crippen LogP contribution is -2.08. The Kier molecular flexibility index (Phi) is 3.84. The van der Waals surface area contributed by atoms with Crippen molar-refractivity contribution in [3.63, 3.8) is 0 Å². The zero-order valence-electron chi connectivity index (χ0n) is 9.98. The van der Waals surface area contributed by atoms with Gasteiger partial charge in [0.15, 0.2) is 0 Å². The van der Waals surface area contributed by atoms with Crippen LogP contribution in [0.3, 0.4) is 0 Å². The summed E-state index contributed by atoms with van der Waals surface area (Å²) in [4.78, 5) is 6.98. The number of nitrogens with zero attached hydrogens (tertiary/aromatic N) is 1. The zero-order valence-corrected chi connectivity index (χ0v) is 11.6. The molecule has 2 aromatic rings. The van der Waals surface area contributed by atoms with Crippen LogP contribution in [0, 0.1) is 6.92 Å². The highest BCUT2D eigenvalue weighted by Gasteiger charge is 2.33. The molecule has 0 spiro atoms. The van der Waals surface area contributed by atoms with Gasteiger partial charge in [-0.1, -0.05) is 15.9 Å². The number of aromatic nitrogens is 2. The molecule has 0 fully saturated rings. The van der Waals surface area contributed by atoms with Crippen LogP contribution in [0.1, 0.15) is 17.0 Å². The van der Waals surface area contributed by atoms with Crippen LogP contribution in [0.5, 0.6) is 0 Å². The molecule has 0 aliphatic carbocycles. The third kappa shape index (κ3) is 3.28. The highest BCUT2D eigenvalue weighted by molar-refractivity contribution is 9.10. The molecule has 0 aliphatic heterocycles. The van der Waals surface area contributed by atoms with Crippen LogP contribution in [0.25, 0.3) is 0 Å². The number of alkyl halides is 3. The van der Waals surface area contributed by atoms with Gasteiger partial charge < -0.3 is 10.3 Å². The summed E-state index contributed by atoms with van der Waals surface area (Å²) < 4.78 is 38.2. The Morgan fingerprint density at radius 2 is 2.11 bits per heavy atom. The Hall–Kier alpha value is -1.50. The van der Waals surface area contributed by atoms with E-state index in [0.717, 1.165) is 17.5 Å². The number of hydrogen-bond acceptors (Lipinski definition) is 2. The SMILES string of the molecule is Cc1[nH]cnc1CNc1ccc(Br)c(C(F)(F)F)c1. The molecule has 1 aromatic heterocycles. The van der Waals surface area contributed by atoms with Crippen molar-refractivity contribution in [1.82, 2.24) is 9.97 Å². The van der Waals surface area contributed by atoms with Gasteiger partial charge in [-0.2, -0.15) is 13.2 Å². The molecule has 0 bridgehead atoms. The average Bonchev–Trinajstić information content (AvgIpc) is 2.72. The molecule has 1 aromatic carbocycles. The summed E-state index contributed by atoms with van der Waals surface area (Å²) in [6.45, 7) is 2.22. The second-order valence-corrected chi connectivity index (χ2v) is 4.87. The van der Waals surface area contributed by atoms with Gasteiger partial charge in [0.2, 0.25) is 0 Å². The molecule has 2 rings (SSSR count). The molecule has 3 nitrogen and oxygen atoms in total. The predicted octanol–water partition coefficient (Wildman–Crippen LogP) is 4.11. The van der Waals surface area contributed by atoms with Gasteiger partial charge in [0.05, 0.1) is 24.1 Å². The Morgan fingerprint density at radius 3 is 2.68 bits per heavy atom. The monoisotopic (exact) mass is 333 g/mol. The van der Waals surface area contributed by atoms with Crippen molar-refractivity contribution in [3.05, 3.63) is 46.0 Å². The van der Waals surface area contributed by atoms with Crippen LogP contribution in [0.15, 0.2) is 29.0 Å². The summed E-state index contributed by atoms with van der Waals surface area (Å²) in [7, 11) is 0. The summed E-state index contributed by atoms with van der Waals surface area (Å²) in [5.41, 5.74) is 1.37. The van der Waals surface area contributed by atoms with E-state index >= 15 is 0 Å². The molecule has 0 amide bonds. The lowest BCUT2D eigenvalue weighted by Gasteiger charge is -2.12. The van der Waals surface area contributed by atoms with Gasteiger partial charge in [0.1, 0.15) is 0 Å². The highest BCUT2D eigenvalue weighted by Crippen LogP contribution is 2.36. The number of H-pyrrole nitrogens is 1. The van der Waals surface area contributed by atoms with E-state index in [9.17, 15) is 13.2 Å². The Morgan fingerprint density at radius 1 is 1.37 bits per heavy atom. The second-order valence-electron chi connectivity index (χ2n) is 4.02. The van der Waals surface area contributed by atoms with Crippen LogP contribution >= 0.6 is 15.9 Å². The third-order valence-corrected chi connectivity index (χ3v) is 3.36. The van der Waals surface area contributed by atoms with E-state index in [1.54, 1.807) is 12.4 Å². The van der Waals surface area contributed by atoms with E-state index in [1.165, 1.54) is 6.07 Å². The molecular weight excluding hydrogens is 323 g/mol. The second kappa shape index (κ2) is 5.24. The van der Waals surface area contributed by atoms with Gasteiger partial charge in [0, 0.05) is 15.9 Å². The van der Waals surface area contributed by atoms with Crippen molar-refractivity contribution in [3.8, 4) is 0 Å². The van der Waals surface area contributed by atoms with Crippen molar-refractivity contribution in [1.29, 1.82) is 0 Å². The fourth-order valence-electron chi connectivity index (χ4n) is 1.60. The van der Waals surface area contributed by atoms with E-state index in [1.807, 2.05) is 6.92 Å². The van der Waals surface area contributed by atoms with Crippen LogP contribution < -0.4 is 5.32 Å². The van der Waals surface area contributed by atoms with Crippen molar-refractivity contribution < 1.29 is 13.2 Å². The van der Waals surface area contributed by atoms with E-state index in [0.29, 0.717) is 12.2 Å².